The molecule has 188 valence electrons. The summed E-state index contributed by atoms with van der Waals surface area (Å²) < 4.78 is 61.0. The van der Waals surface area contributed by atoms with Gasteiger partial charge in [-0.3, -0.25) is 0 Å². The van der Waals surface area contributed by atoms with E-state index in [0.717, 1.165) is 37.9 Å². The summed E-state index contributed by atoms with van der Waals surface area (Å²) in [4.78, 5) is 17.3. The van der Waals surface area contributed by atoms with Crippen LogP contribution in [0, 0.1) is 17.6 Å². The van der Waals surface area contributed by atoms with E-state index in [4.69, 9.17) is 15.6 Å². The summed E-state index contributed by atoms with van der Waals surface area (Å²) in [6.45, 7) is 0.809. The number of carboxylic acids is 1. The van der Waals surface area contributed by atoms with Crippen molar-refractivity contribution in [3.8, 4) is 16.9 Å². The molecule has 8 nitrogen and oxygen atoms in total. The number of nitrogens with zero attached hydrogens (tertiary/aromatic N) is 4. The molecule has 2 heterocycles. The molecule has 1 saturated carbocycles. The molecule has 3 aromatic rings. The number of benzene rings is 1. The quantitative estimate of drug-likeness (QED) is 0.452. The number of carbonyl (C=O) groups is 1. The third-order valence-corrected chi connectivity index (χ3v) is 5.45. The Hall–Kier alpha value is -3.61. The van der Waals surface area contributed by atoms with Crippen LogP contribution in [-0.2, 0) is 4.79 Å². The smallest absolute Gasteiger partial charge is 0.475 e. The van der Waals surface area contributed by atoms with Crippen LogP contribution in [0.25, 0.3) is 16.9 Å². The van der Waals surface area contributed by atoms with Gasteiger partial charge in [0.2, 0.25) is 0 Å². The summed E-state index contributed by atoms with van der Waals surface area (Å²) in [5.41, 5.74) is 7.83. The van der Waals surface area contributed by atoms with Crippen LogP contribution in [0.5, 0.6) is 0 Å². The predicted molar refractivity (Wildman–Crippen MR) is 117 cm³/mol. The monoisotopic (exact) mass is 498 g/mol. The zero-order valence-corrected chi connectivity index (χ0v) is 18.3. The first-order valence-electron chi connectivity index (χ1n) is 10.6. The molecular weight excluding hydrogens is 475 g/mol. The molecule has 35 heavy (non-hydrogen) atoms. The minimum absolute atomic E-state index is 0.212. The summed E-state index contributed by atoms with van der Waals surface area (Å²) in [7, 11) is 0. The maximum absolute atomic E-state index is 14.0. The summed E-state index contributed by atoms with van der Waals surface area (Å²) in [6.07, 6.45) is 5.47. The number of nitrogens with one attached hydrogen (secondary N) is 1. The normalized spacial score (nSPS) is 17.9. The fourth-order valence-electron chi connectivity index (χ4n) is 3.61. The van der Waals surface area contributed by atoms with Crippen molar-refractivity contribution in [1.29, 1.82) is 0 Å². The second-order valence-corrected chi connectivity index (χ2v) is 7.99. The molecule has 0 bridgehead atoms. The van der Waals surface area contributed by atoms with Crippen molar-refractivity contribution in [3.05, 3.63) is 54.8 Å². The second kappa shape index (κ2) is 11.2. The lowest BCUT2D eigenvalue weighted by molar-refractivity contribution is -0.192. The van der Waals surface area contributed by atoms with Crippen LogP contribution in [0.2, 0.25) is 0 Å². The third-order valence-electron chi connectivity index (χ3n) is 5.45. The van der Waals surface area contributed by atoms with Crippen molar-refractivity contribution >= 4 is 11.7 Å². The molecule has 0 unspecified atom stereocenters. The highest BCUT2D eigenvalue weighted by molar-refractivity contribution is 5.73. The largest absolute Gasteiger partial charge is 0.490 e. The Labute approximate surface area is 197 Å². The van der Waals surface area contributed by atoms with Crippen molar-refractivity contribution in [3.63, 3.8) is 0 Å². The number of halogens is 5. The third kappa shape index (κ3) is 6.94. The Bertz CT molecular complexity index is 1130. The molecule has 1 fully saturated rings. The molecule has 1 aromatic carbocycles. The number of aliphatic carboxylic acids is 1. The zero-order valence-electron chi connectivity index (χ0n) is 18.3. The number of carboxylic acid groups (broad SMARTS) is 1. The number of alkyl halides is 3. The Morgan fingerprint density at radius 2 is 1.77 bits per heavy atom. The van der Waals surface area contributed by atoms with Crippen molar-refractivity contribution in [2.75, 3.05) is 11.9 Å². The molecule has 0 atom stereocenters. The summed E-state index contributed by atoms with van der Waals surface area (Å²) in [5, 5.41) is 14.7. The maximum atomic E-state index is 14.0. The molecule has 0 radical (unpaired) electrons. The van der Waals surface area contributed by atoms with Crippen LogP contribution in [0.3, 0.4) is 0 Å². The number of hydrogen-bond donors (Lipinski definition) is 3. The van der Waals surface area contributed by atoms with Crippen molar-refractivity contribution < 1.29 is 31.9 Å². The summed E-state index contributed by atoms with van der Waals surface area (Å²) in [5.74, 6) is -3.55. The van der Waals surface area contributed by atoms with E-state index in [1.807, 2.05) is 0 Å². The first kappa shape index (κ1) is 26.0. The number of anilines is 1. The number of para-hydroxylation sites is 1. The molecule has 1 aliphatic rings. The topological polar surface area (TPSA) is 119 Å². The van der Waals surface area contributed by atoms with Gasteiger partial charge in [-0.15, -0.1) is 0 Å². The molecule has 0 saturated heterocycles. The minimum atomic E-state index is -5.08. The fraction of sp³-hybridized carbons (Fsp3) is 0.364. The van der Waals surface area contributed by atoms with E-state index in [9.17, 15) is 22.0 Å². The lowest BCUT2D eigenvalue weighted by atomic mass is 9.86. The molecule has 13 heteroatoms. The predicted octanol–water partition coefficient (Wildman–Crippen LogP) is 4.17. The van der Waals surface area contributed by atoms with E-state index in [1.165, 1.54) is 29.2 Å². The van der Waals surface area contributed by atoms with E-state index in [2.05, 4.69) is 20.4 Å². The van der Waals surface area contributed by atoms with Crippen LogP contribution < -0.4 is 11.1 Å². The average molecular weight is 498 g/mol. The highest BCUT2D eigenvalue weighted by Crippen LogP contribution is 2.28. The van der Waals surface area contributed by atoms with Gasteiger partial charge in [0.15, 0.2) is 11.6 Å². The van der Waals surface area contributed by atoms with Crippen molar-refractivity contribution in [1.82, 2.24) is 19.7 Å². The van der Waals surface area contributed by atoms with Crippen molar-refractivity contribution in [2.24, 2.45) is 11.7 Å². The van der Waals surface area contributed by atoms with Crippen LogP contribution in [0.15, 0.2) is 43.1 Å². The average Bonchev–Trinajstić information content (AvgIpc) is 3.28. The van der Waals surface area contributed by atoms with Gasteiger partial charge in [-0.25, -0.2) is 28.2 Å². The maximum Gasteiger partial charge on any atom is 0.490 e. The van der Waals surface area contributed by atoms with Gasteiger partial charge in [0.25, 0.3) is 0 Å². The molecule has 0 spiro atoms. The van der Waals surface area contributed by atoms with Gasteiger partial charge in [-0.1, -0.05) is 6.07 Å². The molecule has 1 aliphatic carbocycles. The summed E-state index contributed by atoms with van der Waals surface area (Å²) >= 11 is 0. The first-order chi connectivity index (χ1) is 16.6. The highest BCUT2D eigenvalue weighted by Gasteiger charge is 2.38. The molecular formula is C22H23F5N6O2. The first-order valence-corrected chi connectivity index (χ1v) is 10.6. The Morgan fingerprint density at radius 1 is 1.14 bits per heavy atom. The summed E-state index contributed by atoms with van der Waals surface area (Å²) in [6, 6.07) is 4.04. The number of hydrogen-bond acceptors (Lipinski definition) is 6. The van der Waals surface area contributed by atoms with Gasteiger partial charge in [-0.05, 0) is 43.7 Å². The second-order valence-electron chi connectivity index (χ2n) is 7.99. The number of nitrogens with two attached hydrogens (primary N) is 1. The van der Waals surface area contributed by atoms with Crippen LogP contribution >= 0.6 is 0 Å². The van der Waals surface area contributed by atoms with E-state index < -0.39 is 23.8 Å². The number of rotatable bonds is 5. The minimum Gasteiger partial charge on any atom is -0.475 e. The van der Waals surface area contributed by atoms with Gasteiger partial charge in [0.1, 0.15) is 12.0 Å². The van der Waals surface area contributed by atoms with E-state index in [0.29, 0.717) is 23.2 Å². The van der Waals surface area contributed by atoms with E-state index in [1.54, 1.807) is 18.6 Å². The van der Waals surface area contributed by atoms with Gasteiger partial charge in [0.05, 0.1) is 23.8 Å². The Kier molecular flexibility index (Phi) is 8.33. The Balaban J connectivity index is 0.000000429. The van der Waals surface area contributed by atoms with E-state index in [-0.39, 0.29) is 5.69 Å². The highest BCUT2D eigenvalue weighted by atomic mass is 19.4. The Morgan fingerprint density at radius 3 is 2.37 bits per heavy atom. The van der Waals surface area contributed by atoms with Gasteiger partial charge >= 0.3 is 12.1 Å². The number of aromatic nitrogens is 4. The van der Waals surface area contributed by atoms with Crippen LogP contribution in [0.4, 0.5) is 27.6 Å². The zero-order chi connectivity index (χ0) is 25.6. The molecule has 0 aliphatic heterocycles. The van der Waals surface area contributed by atoms with Crippen LogP contribution in [0.1, 0.15) is 25.7 Å². The molecule has 4 N–H and O–H groups in total. The van der Waals surface area contributed by atoms with Crippen LogP contribution in [-0.4, -0.2) is 49.6 Å². The van der Waals surface area contributed by atoms with Crippen molar-refractivity contribution in [2.45, 2.75) is 37.9 Å². The fourth-order valence-corrected chi connectivity index (χ4v) is 3.61. The van der Waals surface area contributed by atoms with E-state index >= 15 is 0 Å². The molecule has 2 aromatic heterocycles. The van der Waals surface area contributed by atoms with Gasteiger partial charge < -0.3 is 16.2 Å². The van der Waals surface area contributed by atoms with Gasteiger partial charge in [0, 0.05) is 24.3 Å². The molecule has 4 rings (SSSR count). The lowest BCUT2D eigenvalue weighted by Gasteiger charge is -2.26. The standard InChI is InChI=1S/C20H22F2N6.C2HF3O2/c21-16-2-1-3-17(22)20(16)28-11-14(9-27-28)19-18(10-24-12-26-19)25-8-13-4-6-15(23)7-5-13;3-2(4,5)1(6)7/h1-3,9-13,15,25H,4-8,23H2;(H,6,7)/t13-,15+;. The SMILES string of the molecule is N[C@H]1CC[C@@H](CNc2cncnc2-c2cnn(-c3c(F)cccc3F)c2)CC1.O=C(O)C(F)(F)F. The lowest BCUT2D eigenvalue weighted by Crippen LogP contribution is -2.29. The van der Waals surface area contributed by atoms with Gasteiger partial charge in [-0.2, -0.15) is 18.3 Å². The molecule has 0 amide bonds.